The number of rotatable bonds is 5. The maximum Gasteiger partial charge on any atom is 0.231 e. The third-order valence-corrected chi connectivity index (χ3v) is 4.89. The summed E-state index contributed by atoms with van der Waals surface area (Å²) in [5.41, 5.74) is 6.72. The molecule has 1 aliphatic rings. The molecule has 0 saturated carbocycles. The van der Waals surface area contributed by atoms with Crippen LogP contribution in [0.2, 0.25) is 0 Å². The predicted molar refractivity (Wildman–Crippen MR) is 88.2 cm³/mol. The smallest absolute Gasteiger partial charge is 0.231 e. The van der Waals surface area contributed by atoms with Gasteiger partial charge in [0.1, 0.15) is 0 Å². The van der Waals surface area contributed by atoms with Crippen molar-refractivity contribution in [3.05, 3.63) is 29.8 Å². The normalized spacial score (nSPS) is 17.1. The third-order valence-electron chi connectivity index (χ3n) is 3.50. The van der Waals surface area contributed by atoms with E-state index in [-0.39, 0.29) is 17.9 Å². The van der Waals surface area contributed by atoms with Gasteiger partial charge in [0.25, 0.3) is 0 Å². The number of thiocarbonyl (C=S) groups is 1. The molecule has 0 fully saturated rings. The zero-order valence-corrected chi connectivity index (χ0v) is 13.5. The monoisotopic (exact) mass is 308 g/mol. The van der Waals surface area contributed by atoms with Crippen LogP contribution in [-0.4, -0.2) is 34.1 Å². The fourth-order valence-corrected chi connectivity index (χ4v) is 3.73. The van der Waals surface area contributed by atoms with Crippen molar-refractivity contribution in [3.63, 3.8) is 0 Å². The molecule has 1 aromatic rings. The van der Waals surface area contributed by atoms with Gasteiger partial charge in [-0.25, -0.2) is 0 Å². The van der Waals surface area contributed by atoms with E-state index in [1.54, 1.807) is 11.8 Å². The van der Waals surface area contributed by atoms with Gasteiger partial charge in [0.05, 0.1) is 10.9 Å². The second-order valence-electron chi connectivity index (χ2n) is 5.24. The van der Waals surface area contributed by atoms with Crippen LogP contribution >= 0.6 is 24.0 Å². The first-order chi connectivity index (χ1) is 9.50. The molecule has 0 aliphatic carbocycles. The Morgan fingerprint density at radius 3 is 2.85 bits per heavy atom. The molecule has 0 spiro atoms. The summed E-state index contributed by atoms with van der Waals surface area (Å²) < 4.78 is 0. The highest BCUT2D eigenvalue weighted by molar-refractivity contribution is 7.99. The van der Waals surface area contributed by atoms with Crippen molar-refractivity contribution in [2.45, 2.75) is 37.1 Å². The molecule has 1 heterocycles. The van der Waals surface area contributed by atoms with Crippen molar-refractivity contribution in [2.75, 3.05) is 12.3 Å². The number of nitrogens with zero attached hydrogens (tertiary/aromatic N) is 1. The highest BCUT2D eigenvalue weighted by atomic mass is 32.2. The van der Waals surface area contributed by atoms with Gasteiger partial charge in [-0.1, -0.05) is 30.4 Å². The van der Waals surface area contributed by atoms with E-state index in [4.69, 9.17) is 18.0 Å². The minimum atomic E-state index is -0.0371. The van der Waals surface area contributed by atoms with E-state index in [2.05, 4.69) is 12.1 Å². The van der Waals surface area contributed by atoms with Crippen molar-refractivity contribution in [2.24, 2.45) is 5.73 Å². The Morgan fingerprint density at radius 2 is 2.20 bits per heavy atom. The second kappa shape index (κ2) is 6.59. The Labute approximate surface area is 129 Å². The molecule has 108 valence electrons. The van der Waals surface area contributed by atoms with Crippen LogP contribution in [0, 0.1) is 0 Å². The van der Waals surface area contributed by atoms with E-state index in [1.807, 2.05) is 30.9 Å². The maximum absolute atomic E-state index is 12.8. The minimum Gasteiger partial charge on any atom is -0.393 e. The topological polar surface area (TPSA) is 46.3 Å². The third kappa shape index (κ3) is 3.33. The summed E-state index contributed by atoms with van der Waals surface area (Å²) in [6.07, 6.45) is 0.584. The number of hydrogen-bond donors (Lipinski definition) is 1. The lowest BCUT2D eigenvalue weighted by Crippen LogP contribution is -2.41. The Kier molecular flexibility index (Phi) is 5.05. The highest BCUT2D eigenvalue weighted by Crippen LogP contribution is 2.40. The van der Waals surface area contributed by atoms with Crippen LogP contribution in [0.15, 0.2) is 29.2 Å². The van der Waals surface area contributed by atoms with Gasteiger partial charge in [-0.15, -0.1) is 11.8 Å². The Balaban J connectivity index is 2.15. The number of carbonyl (C=O) groups is 1. The van der Waals surface area contributed by atoms with E-state index >= 15 is 0 Å². The highest BCUT2D eigenvalue weighted by Gasteiger charge is 2.32. The standard InChI is InChI=1S/C15H20N2OS2/c1-10(2)17(8-7-14(16)19)15(18)12-9-20-13-6-4-3-5-11(12)13/h3-6,10,12H,7-9H2,1-2H3,(H2,16,19). The van der Waals surface area contributed by atoms with Crippen molar-refractivity contribution in [1.82, 2.24) is 4.90 Å². The van der Waals surface area contributed by atoms with E-state index in [0.29, 0.717) is 18.0 Å². The minimum absolute atomic E-state index is 0.0371. The SMILES string of the molecule is CC(C)N(CCC(N)=S)C(=O)C1CSc2ccccc21. The summed E-state index contributed by atoms with van der Waals surface area (Å²) in [4.78, 5) is 16.4. The summed E-state index contributed by atoms with van der Waals surface area (Å²) in [7, 11) is 0. The largest absolute Gasteiger partial charge is 0.393 e. The van der Waals surface area contributed by atoms with E-state index in [1.165, 1.54) is 4.90 Å². The van der Waals surface area contributed by atoms with Crippen LogP contribution in [0.5, 0.6) is 0 Å². The number of amides is 1. The fraction of sp³-hybridized carbons (Fsp3) is 0.467. The van der Waals surface area contributed by atoms with Crippen LogP contribution in [0.1, 0.15) is 31.7 Å². The number of carbonyl (C=O) groups excluding carboxylic acids is 1. The number of benzene rings is 1. The van der Waals surface area contributed by atoms with E-state index < -0.39 is 0 Å². The summed E-state index contributed by atoms with van der Waals surface area (Å²) in [6, 6.07) is 8.33. The van der Waals surface area contributed by atoms with Crippen molar-refractivity contribution >= 4 is 34.9 Å². The first-order valence-electron chi connectivity index (χ1n) is 6.81. The van der Waals surface area contributed by atoms with Gasteiger partial charge in [0, 0.05) is 29.7 Å². The van der Waals surface area contributed by atoms with Gasteiger partial charge >= 0.3 is 0 Å². The fourth-order valence-electron chi connectivity index (χ4n) is 2.42. The Bertz CT molecular complexity index is 516. The lowest BCUT2D eigenvalue weighted by Gasteiger charge is -2.29. The molecule has 1 unspecified atom stereocenters. The van der Waals surface area contributed by atoms with Crippen LogP contribution < -0.4 is 5.73 Å². The maximum atomic E-state index is 12.8. The molecule has 1 aliphatic heterocycles. The van der Waals surface area contributed by atoms with Gasteiger partial charge in [-0.3, -0.25) is 4.79 Å². The van der Waals surface area contributed by atoms with Crippen LogP contribution in [0.3, 0.4) is 0 Å². The summed E-state index contributed by atoms with van der Waals surface area (Å²) in [5.74, 6) is 0.979. The zero-order chi connectivity index (χ0) is 14.7. The molecular formula is C15H20N2OS2. The summed E-state index contributed by atoms with van der Waals surface area (Å²) in [5, 5.41) is 0. The molecule has 0 aromatic heterocycles. The molecule has 5 heteroatoms. The van der Waals surface area contributed by atoms with Gasteiger partial charge < -0.3 is 10.6 Å². The number of nitrogens with two attached hydrogens (primary N) is 1. The summed E-state index contributed by atoms with van der Waals surface area (Å²) >= 11 is 6.68. The molecule has 20 heavy (non-hydrogen) atoms. The molecule has 0 bridgehead atoms. The lowest BCUT2D eigenvalue weighted by atomic mass is 9.99. The first-order valence-corrected chi connectivity index (χ1v) is 8.20. The predicted octanol–water partition coefficient (Wildman–Crippen LogP) is 2.79. The molecule has 1 amide bonds. The average Bonchev–Trinajstić information content (AvgIpc) is 2.81. The molecule has 0 radical (unpaired) electrons. The molecule has 3 nitrogen and oxygen atoms in total. The van der Waals surface area contributed by atoms with Crippen LogP contribution in [0.25, 0.3) is 0 Å². The number of fused-ring (bicyclic) bond motifs is 1. The first kappa shape index (κ1) is 15.3. The lowest BCUT2D eigenvalue weighted by molar-refractivity contribution is -0.133. The van der Waals surface area contributed by atoms with Gasteiger partial charge in [-0.2, -0.15) is 0 Å². The Hall–Kier alpha value is -1.07. The van der Waals surface area contributed by atoms with Crippen molar-refractivity contribution in [1.29, 1.82) is 0 Å². The van der Waals surface area contributed by atoms with E-state index in [0.717, 1.165) is 11.3 Å². The van der Waals surface area contributed by atoms with Crippen molar-refractivity contribution < 1.29 is 4.79 Å². The molecule has 0 saturated heterocycles. The average molecular weight is 308 g/mol. The van der Waals surface area contributed by atoms with Crippen molar-refractivity contribution in [3.8, 4) is 0 Å². The molecule has 1 aromatic carbocycles. The van der Waals surface area contributed by atoms with E-state index in [9.17, 15) is 4.79 Å². The zero-order valence-electron chi connectivity index (χ0n) is 11.8. The van der Waals surface area contributed by atoms with Crippen LogP contribution in [0.4, 0.5) is 0 Å². The quantitative estimate of drug-likeness (QED) is 0.850. The van der Waals surface area contributed by atoms with Gasteiger partial charge in [-0.05, 0) is 25.5 Å². The second-order valence-corrected chi connectivity index (χ2v) is 6.83. The van der Waals surface area contributed by atoms with Gasteiger partial charge in [0.15, 0.2) is 0 Å². The molecule has 2 rings (SSSR count). The summed E-state index contributed by atoms with van der Waals surface area (Å²) in [6.45, 7) is 4.67. The van der Waals surface area contributed by atoms with Crippen LogP contribution in [-0.2, 0) is 4.79 Å². The molecule has 1 atom stereocenters. The number of thioether (sulfide) groups is 1. The molecule has 2 N–H and O–H groups in total. The Morgan fingerprint density at radius 1 is 1.50 bits per heavy atom. The number of hydrogen-bond acceptors (Lipinski definition) is 3. The molecular weight excluding hydrogens is 288 g/mol. The van der Waals surface area contributed by atoms with Gasteiger partial charge in [0.2, 0.25) is 5.91 Å².